The number of amides is 4. The maximum atomic E-state index is 14.6. The summed E-state index contributed by atoms with van der Waals surface area (Å²) in [4.78, 5) is 68.3. The number of rotatable bonds is 20. The number of benzene rings is 4. The fraction of sp³-hybridized carbons (Fsp3) is 0.418. The Labute approximate surface area is 543 Å². The number of carbonyl (C=O) groups is 4. The number of aromatic nitrogens is 8. The first-order chi connectivity index (χ1) is 41.5. The van der Waals surface area contributed by atoms with E-state index in [4.69, 9.17) is 19.9 Å². The minimum Gasteiger partial charge on any atom is -0.850 e. The zero-order valence-electron chi connectivity index (χ0n) is 52.5. The van der Waals surface area contributed by atoms with E-state index in [0.29, 0.717) is 39.3 Å². The Hall–Kier alpha value is -7.09. The van der Waals surface area contributed by atoms with Gasteiger partial charge in [0.25, 0.3) is 0 Å². The molecule has 0 aliphatic heterocycles. The molecule has 4 heterocycles. The molecule has 0 bridgehead atoms. The molecule has 0 aliphatic rings. The minimum absolute atomic E-state index is 0. The van der Waals surface area contributed by atoms with Crippen molar-refractivity contribution in [3.05, 3.63) is 120 Å². The first kappa shape index (κ1) is 86.0. The quantitative estimate of drug-likeness (QED) is 0.0403. The van der Waals surface area contributed by atoms with Gasteiger partial charge in [-0.05, 0) is 89.3 Å². The van der Waals surface area contributed by atoms with E-state index in [1.165, 1.54) is 19.6 Å². The Bertz CT molecular complexity index is 2920. The SMILES string of the molecule is CCn1c(CN(Cc2nc3ccccc3n2CC)CC([O-])CN(Cc2nc3ccccc3n2CC)Cc2nc3ccccc3n2CC)nc2ccccc21.CN(C)C=O.CN(C)C=O.CN(C)C=O.CN(C)C=O.F[B-](F)(F)F.F[B-](F)(F)F.F[B-](F)(F)F.[Fe+2].[Fe+2]. The largest absolute Gasteiger partial charge is 2.00 e. The molecule has 8 rings (SSSR count). The van der Waals surface area contributed by atoms with Crippen LogP contribution in [0.3, 0.4) is 0 Å². The van der Waals surface area contributed by atoms with Gasteiger partial charge in [-0.2, -0.15) is 0 Å². The van der Waals surface area contributed by atoms with Gasteiger partial charge < -0.3 is 94.8 Å². The number of aryl methyl sites for hydroxylation is 4. The molecule has 0 radical (unpaired) electrons. The van der Waals surface area contributed by atoms with E-state index in [1.807, 2.05) is 24.3 Å². The number of hydrogen-bond acceptors (Lipinski definition) is 11. The summed E-state index contributed by atoms with van der Waals surface area (Å²) in [6, 6.07) is 33.1. The maximum Gasteiger partial charge on any atom is 2.00 e. The predicted octanol–water partition coefficient (Wildman–Crippen LogP) is 9.31. The molecular weight excluding hydrogens is 1310 g/mol. The van der Waals surface area contributed by atoms with E-state index in [2.05, 4.69) is 129 Å². The summed E-state index contributed by atoms with van der Waals surface area (Å²) >= 11 is 0. The molecule has 4 aromatic carbocycles. The summed E-state index contributed by atoms with van der Waals surface area (Å²) in [5, 5.41) is 14.6. The fourth-order valence-electron chi connectivity index (χ4n) is 8.20. The van der Waals surface area contributed by atoms with Gasteiger partial charge in [-0.15, -0.1) is 6.10 Å². The third kappa shape index (κ3) is 34.8. The Morgan fingerprint density at radius 2 is 0.527 bits per heavy atom. The fourth-order valence-corrected chi connectivity index (χ4v) is 8.20. The summed E-state index contributed by atoms with van der Waals surface area (Å²) in [6.45, 7) is 14.6. The van der Waals surface area contributed by atoms with E-state index in [-0.39, 0.29) is 34.1 Å². The van der Waals surface area contributed by atoms with Gasteiger partial charge in [0.2, 0.25) is 25.6 Å². The van der Waals surface area contributed by atoms with E-state index in [9.17, 15) is 76.1 Å². The van der Waals surface area contributed by atoms with Crippen molar-refractivity contribution in [2.75, 3.05) is 69.5 Å². The molecule has 0 unspecified atom stereocenters. The third-order valence-corrected chi connectivity index (χ3v) is 11.4. The molecule has 0 spiro atoms. The predicted molar refractivity (Wildman–Crippen MR) is 323 cm³/mol. The number of fused-ring (bicyclic) bond motifs is 4. The van der Waals surface area contributed by atoms with Gasteiger partial charge >= 0.3 is 55.9 Å². The van der Waals surface area contributed by atoms with Crippen LogP contribution in [0.5, 0.6) is 0 Å². The van der Waals surface area contributed by atoms with Crippen LogP contribution in [0.4, 0.5) is 51.8 Å². The molecule has 4 aromatic heterocycles. The molecular formula is C55H77B3F12Fe2N14O5. The zero-order chi connectivity index (χ0) is 67.8. The molecule has 0 atom stereocenters. The van der Waals surface area contributed by atoms with Crippen LogP contribution in [0.25, 0.3) is 44.1 Å². The summed E-state index contributed by atoms with van der Waals surface area (Å²) in [6.07, 6.45) is 2.07. The molecule has 0 fully saturated rings. The molecule has 19 nitrogen and oxygen atoms in total. The van der Waals surface area contributed by atoms with Gasteiger partial charge in [-0.25, -0.2) is 19.9 Å². The molecule has 36 heteroatoms. The van der Waals surface area contributed by atoms with E-state index >= 15 is 0 Å². The number of hydrogen-bond donors (Lipinski definition) is 0. The molecule has 8 aromatic rings. The van der Waals surface area contributed by atoms with Crippen LogP contribution in [-0.4, -0.2) is 191 Å². The van der Waals surface area contributed by atoms with Crippen LogP contribution >= 0.6 is 0 Å². The average Bonchev–Trinajstić information content (AvgIpc) is 1.69. The van der Waals surface area contributed by atoms with Crippen molar-refractivity contribution in [1.82, 2.24) is 67.6 Å². The van der Waals surface area contributed by atoms with Gasteiger partial charge in [0.15, 0.2) is 0 Å². The van der Waals surface area contributed by atoms with Gasteiger partial charge in [-0.1, -0.05) is 48.5 Å². The van der Waals surface area contributed by atoms with E-state index in [1.54, 1.807) is 56.4 Å². The maximum absolute atomic E-state index is 14.6. The number of para-hydroxylation sites is 8. The summed E-state index contributed by atoms with van der Waals surface area (Å²) in [5.41, 5.74) is 8.32. The van der Waals surface area contributed by atoms with Crippen LogP contribution in [0.2, 0.25) is 0 Å². The second-order valence-corrected chi connectivity index (χ2v) is 19.8. The van der Waals surface area contributed by atoms with E-state index in [0.717, 1.165) is 119 Å². The number of carbonyl (C=O) groups excluding carboxylic acids is 4. The van der Waals surface area contributed by atoms with E-state index < -0.39 is 27.9 Å². The van der Waals surface area contributed by atoms with Crippen molar-refractivity contribution in [1.29, 1.82) is 0 Å². The van der Waals surface area contributed by atoms with Gasteiger partial charge in [0, 0.05) is 82.6 Å². The smallest absolute Gasteiger partial charge is 0.850 e. The molecule has 4 amide bonds. The van der Waals surface area contributed by atoms with Crippen LogP contribution in [0.1, 0.15) is 51.0 Å². The Balaban J connectivity index is 0. The van der Waals surface area contributed by atoms with Crippen molar-refractivity contribution < 1.29 is 110 Å². The van der Waals surface area contributed by atoms with Crippen molar-refractivity contribution in [3.8, 4) is 0 Å². The first-order valence-electron chi connectivity index (χ1n) is 27.5. The van der Waals surface area contributed by atoms with Crippen molar-refractivity contribution in [2.45, 2.75) is 86.2 Å². The second-order valence-electron chi connectivity index (χ2n) is 19.8. The number of imidazole rings is 4. The molecule has 0 N–H and O–H groups in total. The van der Waals surface area contributed by atoms with Crippen LogP contribution in [-0.2, 0) is 106 Å². The Kier molecular flexibility index (Phi) is 40.5. The summed E-state index contributed by atoms with van der Waals surface area (Å²) in [7, 11) is -4.50. The van der Waals surface area contributed by atoms with Crippen LogP contribution in [0.15, 0.2) is 97.1 Å². The average molecular weight is 1390 g/mol. The second kappa shape index (κ2) is 42.9. The zero-order valence-corrected chi connectivity index (χ0v) is 54.7. The molecule has 0 aliphatic carbocycles. The normalized spacial score (nSPS) is 10.8. The number of nitrogens with zero attached hydrogens (tertiary/aromatic N) is 14. The Morgan fingerprint density at radius 3 is 0.670 bits per heavy atom. The van der Waals surface area contributed by atoms with Crippen LogP contribution < -0.4 is 5.11 Å². The van der Waals surface area contributed by atoms with Gasteiger partial charge in [0.05, 0.1) is 70.3 Å². The standard InChI is InChI=1S/C43H49N10O.4C3H7NO.3BF4.2Fe/c1-5-50-36-21-13-9-17-32(36)44-40(50)27-48(28-41-45-33-18-10-14-22-37(33)51(41)6-2)25-31(54)26-49(29-42-46-34-19-11-15-23-38(34)52(42)7-3)30-43-47-35-20-12-16-24-39(35)53(43)8-4;4*1-4(2)3-5;3*2-1(3,4)5;;/h9-24,31H,5-8,25-30H2,1-4H3;4*3H,1-2H3;;;;;/q-1;;;;;3*-1;2*+2. The summed E-state index contributed by atoms with van der Waals surface area (Å²) < 4.78 is 126. The minimum atomic E-state index is -6.00. The van der Waals surface area contributed by atoms with Crippen molar-refractivity contribution in [2.24, 2.45) is 0 Å². The molecule has 91 heavy (non-hydrogen) atoms. The first-order valence-corrected chi connectivity index (χ1v) is 27.5. The molecule has 506 valence electrons. The van der Waals surface area contributed by atoms with Crippen molar-refractivity contribution in [3.63, 3.8) is 0 Å². The number of halogens is 12. The monoisotopic (exact) mass is 1390 g/mol. The van der Waals surface area contributed by atoms with Crippen molar-refractivity contribution >= 4 is 91.5 Å². The Morgan fingerprint density at radius 1 is 0.374 bits per heavy atom. The topological polar surface area (TPSA) is 182 Å². The summed E-state index contributed by atoms with van der Waals surface area (Å²) in [5.74, 6) is 3.82. The van der Waals surface area contributed by atoms with Gasteiger partial charge in [0.1, 0.15) is 23.3 Å². The molecule has 0 saturated carbocycles. The van der Waals surface area contributed by atoms with Gasteiger partial charge in [-0.3, -0.25) is 29.0 Å². The van der Waals surface area contributed by atoms with Crippen LogP contribution in [0, 0.1) is 0 Å². The third-order valence-electron chi connectivity index (χ3n) is 11.4. The molecule has 0 saturated heterocycles.